The molecule has 2 aromatic rings. The van der Waals surface area contributed by atoms with Crippen molar-refractivity contribution in [1.82, 2.24) is 0 Å². The van der Waals surface area contributed by atoms with Gasteiger partial charge in [0.2, 0.25) is 0 Å². The van der Waals surface area contributed by atoms with Crippen LogP contribution in [0.25, 0.3) is 0 Å². The predicted molar refractivity (Wildman–Crippen MR) is 95.3 cm³/mol. The molecule has 0 saturated carbocycles. The second-order valence-corrected chi connectivity index (χ2v) is 7.13. The maximum absolute atomic E-state index is 13.9. The van der Waals surface area contributed by atoms with E-state index >= 15 is 0 Å². The van der Waals surface area contributed by atoms with E-state index in [9.17, 15) is 14.5 Å². The monoisotopic (exact) mass is 359 g/mol. The normalized spacial score (nSPS) is 18.0. The van der Waals surface area contributed by atoms with Gasteiger partial charge in [0, 0.05) is 6.07 Å². The lowest BCUT2D eigenvalue weighted by Crippen LogP contribution is -2.41. The molecule has 1 aliphatic rings. The molecule has 0 atom stereocenters. The van der Waals surface area contributed by atoms with E-state index in [0.29, 0.717) is 5.75 Å². The van der Waals surface area contributed by atoms with Crippen LogP contribution in [-0.2, 0) is 9.31 Å². The largest absolute Gasteiger partial charge is 0.494 e. The van der Waals surface area contributed by atoms with E-state index < -0.39 is 29.1 Å². The van der Waals surface area contributed by atoms with Crippen LogP contribution in [-0.4, -0.2) is 23.2 Å². The summed E-state index contributed by atoms with van der Waals surface area (Å²) in [5.41, 5.74) is -0.380. The summed E-state index contributed by atoms with van der Waals surface area (Å²) in [4.78, 5) is 9.99. The Morgan fingerprint density at radius 3 is 2.12 bits per heavy atom. The number of halogens is 1. The average Bonchev–Trinajstić information content (AvgIpc) is 2.78. The first-order valence-electron chi connectivity index (χ1n) is 8.16. The standard InChI is InChI=1S/C18H19BFNO5/c1-17(2)18(3,4)26-19(25-17)12-5-8-14(9-6-12)24-16-10-7-13(21(22)23)11-15(16)20/h5-11H,1-4H3. The van der Waals surface area contributed by atoms with Crippen molar-refractivity contribution in [3.05, 3.63) is 58.4 Å². The molecule has 0 aliphatic carbocycles. The number of benzene rings is 2. The molecule has 1 aliphatic heterocycles. The van der Waals surface area contributed by atoms with Gasteiger partial charge in [-0.15, -0.1) is 0 Å². The van der Waals surface area contributed by atoms with Crippen LogP contribution < -0.4 is 10.2 Å². The molecular formula is C18H19BFNO5. The zero-order valence-electron chi connectivity index (χ0n) is 15.0. The fourth-order valence-electron chi connectivity index (χ4n) is 2.49. The second-order valence-electron chi connectivity index (χ2n) is 7.13. The first-order chi connectivity index (χ1) is 12.1. The number of hydrogen-bond donors (Lipinski definition) is 0. The highest BCUT2D eigenvalue weighted by molar-refractivity contribution is 6.62. The molecule has 136 valence electrons. The molecule has 1 saturated heterocycles. The Bertz CT molecular complexity index is 822. The van der Waals surface area contributed by atoms with Crippen molar-refractivity contribution in [2.24, 2.45) is 0 Å². The zero-order valence-corrected chi connectivity index (χ0v) is 15.0. The van der Waals surface area contributed by atoms with Crippen molar-refractivity contribution in [2.75, 3.05) is 0 Å². The minimum absolute atomic E-state index is 0.0843. The van der Waals surface area contributed by atoms with Gasteiger partial charge in [0.15, 0.2) is 11.6 Å². The van der Waals surface area contributed by atoms with E-state index in [4.69, 9.17) is 14.0 Å². The molecule has 1 heterocycles. The topological polar surface area (TPSA) is 70.8 Å². The Morgan fingerprint density at radius 1 is 1.04 bits per heavy atom. The summed E-state index contributed by atoms with van der Waals surface area (Å²) >= 11 is 0. The predicted octanol–water partition coefficient (Wildman–Crippen LogP) is 3.83. The minimum atomic E-state index is -0.797. The highest BCUT2D eigenvalue weighted by Gasteiger charge is 2.51. The SMILES string of the molecule is CC1(C)OB(c2ccc(Oc3ccc([N+](=O)[O-])cc3F)cc2)OC1(C)C. The third-order valence-electron chi connectivity index (χ3n) is 4.76. The average molecular weight is 359 g/mol. The summed E-state index contributed by atoms with van der Waals surface area (Å²) in [6.45, 7) is 7.90. The van der Waals surface area contributed by atoms with Crippen LogP contribution in [0.15, 0.2) is 42.5 Å². The van der Waals surface area contributed by atoms with Crippen LogP contribution in [0.4, 0.5) is 10.1 Å². The quantitative estimate of drug-likeness (QED) is 0.471. The van der Waals surface area contributed by atoms with Gasteiger partial charge in [0.1, 0.15) is 5.75 Å². The van der Waals surface area contributed by atoms with Crippen molar-refractivity contribution < 1.29 is 23.4 Å². The molecule has 0 radical (unpaired) electrons. The minimum Gasteiger partial charge on any atom is -0.454 e. The Hall–Kier alpha value is -2.45. The van der Waals surface area contributed by atoms with E-state index in [1.807, 2.05) is 27.7 Å². The fourth-order valence-corrected chi connectivity index (χ4v) is 2.49. The molecule has 0 N–H and O–H groups in total. The van der Waals surface area contributed by atoms with E-state index in [-0.39, 0.29) is 11.4 Å². The van der Waals surface area contributed by atoms with Gasteiger partial charge in [-0.1, -0.05) is 12.1 Å². The van der Waals surface area contributed by atoms with Crippen molar-refractivity contribution in [1.29, 1.82) is 0 Å². The molecule has 6 nitrogen and oxygen atoms in total. The van der Waals surface area contributed by atoms with Crippen molar-refractivity contribution >= 4 is 18.3 Å². The highest BCUT2D eigenvalue weighted by atomic mass is 19.1. The van der Waals surface area contributed by atoms with Gasteiger partial charge in [-0.25, -0.2) is 4.39 Å². The maximum Gasteiger partial charge on any atom is 0.494 e. The van der Waals surface area contributed by atoms with Crippen LogP contribution >= 0.6 is 0 Å². The number of ether oxygens (including phenoxy) is 1. The summed E-state index contributed by atoms with van der Waals surface area (Å²) in [5.74, 6) is -0.480. The molecule has 0 bridgehead atoms. The number of nitrogens with zero attached hydrogens (tertiary/aromatic N) is 1. The summed E-state index contributed by atoms with van der Waals surface area (Å²) < 4.78 is 31.3. The molecule has 3 rings (SSSR count). The lowest BCUT2D eigenvalue weighted by atomic mass is 9.79. The molecule has 8 heteroatoms. The number of rotatable bonds is 4. The Kier molecular flexibility index (Phi) is 4.50. The molecular weight excluding hydrogens is 340 g/mol. The molecule has 26 heavy (non-hydrogen) atoms. The van der Waals surface area contributed by atoms with Crippen molar-refractivity contribution in [3.8, 4) is 11.5 Å². The summed E-state index contributed by atoms with van der Waals surface area (Å²) in [7, 11) is -0.495. The third kappa shape index (κ3) is 3.43. The van der Waals surface area contributed by atoms with Crippen LogP contribution in [0.1, 0.15) is 27.7 Å². The fraction of sp³-hybridized carbons (Fsp3) is 0.333. The van der Waals surface area contributed by atoms with Crippen LogP contribution in [0.2, 0.25) is 0 Å². The van der Waals surface area contributed by atoms with Gasteiger partial charge in [-0.05, 0) is 51.4 Å². The third-order valence-corrected chi connectivity index (χ3v) is 4.76. The summed E-state index contributed by atoms with van der Waals surface area (Å²) in [6.07, 6.45) is 0. The van der Waals surface area contributed by atoms with Gasteiger partial charge in [-0.3, -0.25) is 10.1 Å². The van der Waals surface area contributed by atoms with Gasteiger partial charge in [0.25, 0.3) is 5.69 Å². The maximum atomic E-state index is 13.9. The van der Waals surface area contributed by atoms with Crippen LogP contribution in [0.5, 0.6) is 11.5 Å². The van der Waals surface area contributed by atoms with E-state index in [1.165, 1.54) is 12.1 Å². The number of nitro benzene ring substituents is 1. The smallest absolute Gasteiger partial charge is 0.454 e. The van der Waals surface area contributed by atoms with E-state index in [0.717, 1.165) is 11.5 Å². The summed E-state index contributed by atoms with van der Waals surface area (Å²) in [6, 6.07) is 10.1. The molecule has 0 amide bonds. The van der Waals surface area contributed by atoms with Crippen LogP contribution in [0.3, 0.4) is 0 Å². The number of non-ortho nitro benzene ring substituents is 1. The lowest BCUT2D eigenvalue weighted by Gasteiger charge is -2.32. The first kappa shape index (κ1) is 18.3. The van der Waals surface area contributed by atoms with Gasteiger partial charge >= 0.3 is 7.12 Å². The number of nitro groups is 1. The van der Waals surface area contributed by atoms with Gasteiger partial charge in [-0.2, -0.15) is 0 Å². The Labute approximate surface area is 151 Å². The molecule has 1 fully saturated rings. The Morgan fingerprint density at radius 2 is 1.62 bits per heavy atom. The van der Waals surface area contributed by atoms with Crippen LogP contribution in [0, 0.1) is 15.9 Å². The van der Waals surface area contributed by atoms with Crippen molar-refractivity contribution in [2.45, 2.75) is 38.9 Å². The second kappa shape index (κ2) is 6.37. The number of hydrogen-bond acceptors (Lipinski definition) is 5. The zero-order chi connectivity index (χ0) is 19.1. The molecule has 2 aromatic carbocycles. The molecule has 0 aromatic heterocycles. The van der Waals surface area contributed by atoms with Gasteiger partial charge < -0.3 is 14.0 Å². The first-order valence-corrected chi connectivity index (χ1v) is 8.16. The van der Waals surface area contributed by atoms with Gasteiger partial charge in [0.05, 0.1) is 22.2 Å². The summed E-state index contributed by atoms with van der Waals surface area (Å²) in [5, 5.41) is 10.7. The highest BCUT2D eigenvalue weighted by Crippen LogP contribution is 2.36. The molecule has 0 spiro atoms. The van der Waals surface area contributed by atoms with Crippen molar-refractivity contribution in [3.63, 3.8) is 0 Å². The van der Waals surface area contributed by atoms with E-state index in [1.54, 1.807) is 24.3 Å². The van der Waals surface area contributed by atoms with E-state index in [2.05, 4.69) is 0 Å². The lowest BCUT2D eigenvalue weighted by molar-refractivity contribution is -0.385. The molecule has 0 unspecified atom stereocenters. The Balaban J connectivity index is 1.74.